The van der Waals surface area contributed by atoms with Crippen LogP contribution in [0.4, 0.5) is 5.69 Å². The Balaban J connectivity index is 2.08. The molecule has 1 aromatic heterocycles. The number of aliphatic imine (C=N–C) groups is 1. The summed E-state index contributed by atoms with van der Waals surface area (Å²) in [6.45, 7) is 0.885. The summed E-state index contributed by atoms with van der Waals surface area (Å²) < 4.78 is 6.50. The molecule has 0 saturated heterocycles. The Bertz CT molecular complexity index is 779. The molecule has 0 aliphatic carbocycles. The van der Waals surface area contributed by atoms with Gasteiger partial charge in [-0.2, -0.15) is 10.4 Å². The van der Waals surface area contributed by atoms with Crippen LogP contribution < -0.4 is 10.6 Å². The van der Waals surface area contributed by atoms with E-state index in [1.807, 2.05) is 36.7 Å². The second kappa shape index (κ2) is 9.46. The molecular weight excluding hydrogens is 340 g/mol. The number of benzene rings is 1. The number of amides is 1. The lowest BCUT2D eigenvalue weighted by atomic mass is 10.3. The molecule has 2 aromatic rings. The van der Waals surface area contributed by atoms with Gasteiger partial charge in [0.15, 0.2) is 17.1 Å². The number of hydrogen-bond acceptors (Lipinski definition) is 6. The third kappa shape index (κ3) is 5.34. The Hall–Kier alpha value is -2.83. The number of carbonyl (C=O) groups excluding carboxylic acids is 1. The van der Waals surface area contributed by atoms with Crippen molar-refractivity contribution in [2.45, 2.75) is 0 Å². The molecule has 2 rings (SSSR count). The maximum absolute atomic E-state index is 11.9. The van der Waals surface area contributed by atoms with E-state index in [4.69, 9.17) is 10.00 Å². The fraction of sp³-hybridized carbons (Fsp3) is 0.250. The molecule has 2 N–H and O–H groups in total. The van der Waals surface area contributed by atoms with E-state index in [1.165, 1.54) is 11.8 Å². The van der Waals surface area contributed by atoms with E-state index < -0.39 is 0 Å². The Kier molecular flexibility index (Phi) is 7.00. The average Bonchev–Trinajstić information content (AvgIpc) is 3.12. The number of ether oxygens (including phenoxy) is 1. The molecule has 1 amide bonds. The zero-order valence-electron chi connectivity index (χ0n) is 13.9. The number of methoxy groups -OCH3 is 1. The first-order valence-electron chi connectivity index (χ1n) is 7.39. The van der Waals surface area contributed by atoms with Crippen molar-refractivity contribution in [3.05, 3.63) is 42.2 Å². The quantitative estimate of drug-likeness (QED) is 0.268. The van der Waals surface area contributed by atoms with Crippen molar-refractivity contribution in [1.82, 2.24) is 20.4 Å². The van der Waals surface area contributed by atoms with Gasteiger partial charge in [-0.3, -0.25) is 10.1 Å². The lowest BCUT2D eigenvalue weighted by Gasteiger charge is -2.04. The number of nitrogens with zero attached hydrogens (tertiary/aromatic N) is 4. The topological polar surface area (TPSA) is 104 Å². The molecule has 1 aromatic carbocycles. The lowest BCUT2D eigenvalue weighted by Crippen LogP contribution is -2.27. The number of thioether (sulfide) groups is 1. The van der Waals surface area contributed by atoms with E-state index in [0.29, 0.717) is 29.7 Å². The van der Waals surface area contributed by atoms with Crippen LogP contribution in [0.15, 0.2) is 41.5 Å². The van der Waals surface area contributed by atoms with Gasteiger partial charge in [0, 0.05) is 19.9 Å². The normalized spacial score (nSPS) is 11.0. The first-order valence-corrected chi connectivity index (χ1v) is 8.61. The van der Waals surface area contributed by atoms with Crippen molar-refractivity contribution in [2.24, 2.45) is 4.99 Å². The highest BCUT2D eigenvalue weighted by molar-refractivity contribution is 8.13. The number of nitriles is 1. The van der Waals surface area contributed by atoms with Gasteiger partial charge in [-0.1, -0.05) is 11.8 Å². The summed E-state index contributed by atoms with van der Waals surface area (Å²) >= 11 is 1.35. The maximum atomic E-state index is 11.9. The van der Waals surface area contributed by atoms with Gasteiger partial charge < -0.3 is 10.1 Å². The van der Waals surface area contributed by atoms with E-state index in [-0.39, 0.29) is 5.91 Å². The molecule has 0 aliphatic heterocycles. The summed E-state index contributed by atoms with van der Waals surface area (Å²) in [5.41, 5.74) is 1.84. The Labute approximate surface area is 149 Å². The van der Waals surface area contributed by atoms with E-state index in [0.717, 1.165) is 5.69 Å². The Morgan fingerprint density at radius 3 is 2.80 bits per heavy atom. The van der Waals surface area contributed by atoms with Crippen molar-refractivity contribution in [1.29, 1.82) is 5.26 Å². The summed E-state index contributed by atoms with van der Waals surface area (Å²) in [4.78, 5) is 16.3. The van der Waals surface area contributed by atoms with Crippen molar-refractivity contribution in [3.63, 3.8) is 0 Å². The van der Waals surface area contributed by atoms with Gasteiger partial charge in [-0.05, 0) is 36.6 Å². The summed E-state index contributed by atoms with van der Waals surface area (Å²) in [7, 11) is 1.58. The molecule has 0 spiro atoms. The smallest absolute Gasteiger partial charge is 0.271 e. The number of carbonyl (C=O) groups is 1. The Morgan fingerprint density at radius 2 is 2.16 bits per heavy atom. The van der Waals surface area contributed by atoms with Gasteiger partial charge in [0.1, 0.15) is 0 Å². The van der Waals surface area contributed by atoms with Gasteiger partial charge in [-0.15, -0.1) is 0 Å². The van der Waals surface area contributed by atoms with Crippen LogP contribution in [0.25, 0.3) is 5.69 Å². The zero-order chi connectivity index (χ0) is 18.1. The van der Waals surface area contributed by atoms with Crippen LogP contribution in [-0.4, -0.2) is 47.4 Å². The molecule has 0 fully saturated rings. The van der Waals surface area contributed by atoms with Crippen molar-refractivity contribution in [2.75, 3.05) is 26.5 Å². The van der Waals surface area contributed by atoms with Crippen LogP contribution in [0, 0.1) is 11.5 Å². The largest absolute Gasteiger partial charge is 0.383 e. The second-order valence-electron chi connectivity index (χ2n) is 4.77. The van der Waals surface area contributed by atoms with E-state index in [1.54, 1.807) is 24.1 Å². The third-order valence-corrected chi connectivity index (χ3v) is 3.69. The molecule has 0 bridgehead atoms. The minimum atomic E-state index is -0.246. The summed E-state index contributed by atoms with van der Waals surface area (Å²) in [6.07, 6.45) is 5.40. The molecule has 0 saturated carbocycles. The minimum Gasteiger partial charge on any atom is -0.383 e. The molecule has 0 unspecified atom stereocenters. The van der Waals surface area contributed by atoms with Gasteiger partial charge in [0.05, 0.1) is 18.0 Å². The molecule has 0 atom stereocenters. The second-order valence-corrected chi connectivity index (χ2v) is 5.56. The third-order valence-electron chi connectivity index (χ3n) is 3.11. The fourth-order valence-electron chi connectivity index (χ4n) is 1.92. The molecule has 9 heteroatoms. The number of hydrogen-bond donors (Lipinski definition) is 2. The predicted octanol–water partition coefficient (Wildman–Crippen LogP) is 1.67. The molecule has 1 heterocycles. The highest BCUT2D eigenvalue weighted by atomic mass is 32.2. The number of nitrogens with one attached hydrogen (secondary N) is 2. The van der Waals surface area contributed by atoms with Crippen LogP contribution in [0.1, 0.15) is 10.5 Å². The van der Waals surface area contributed by atoms with E-state index in [2.05, 4.69) is 20.7 Å². The molecule has 130 valence electrons. The highest BCUT2D eigenvalue weighted by Crippen LogP contribution is 2.17. The molecule has 0 aliphatic rings. The first-order chi connectivity index (χ1) is 12.2. The molecule has 0 radical (unpaired) electrons. The monoisotopic (exact) mass is 358 g/mol. The van der Waals surface area contributed by atoms with E-state index >= 15 is 0 Å². The van der Waals surface area contributed by atoms with Crippen molar-refractivity contribution in [3.8, 4) is 11.9 Å². The number of amidine groups is 1. The summed E-state index contributed by atoms with van der Waals surface area (Å²) in [5.74, 6) is -0.246. The Morgan fingerprint density at radius 1 is 1.40 bits per heavy atom. The van der Waals surface area contributed by atoms with Crippen LogP contribution in [0.2, 0.25) is 0 Å². The SMILES string of the molecule is COCCNC(=O)c1ccn(-c2ccc(N=C(NC#N)SC)cc2)n1. The standard InChI is InChI=1S/C16H18N6O2S/c1-24-10-8-18-15(23)14-7-9-22(21-14)13-5-3-12(4-6-13)20-16(25-2)19-11-17/h3-7,9H,8,10H2,1-2H3,(H,18,23)(H,19,20). The van der Waals surface area contributed by atoms with Crippen molar-refractivity contribution < 1.29 is 9.53 Å². The van der Waals surface area contributed by atoms with Crippen LogP contribution >= 0.6 is 11.8 Å². The molecule has 8 nitrogen and oxygen atoms in total. The van der Waals surface area contributed by atoms with Gasteiger partial charge in [0.25, 0.3) is 5.91 Å². The number of aromatic nitrogens is 2. The van der Waals surface area contributed by atoms with Crippen LogP contribution in [-0.2, 0) is 4.74 Å². The first kappa shape index (κ1) is 18.5. The van der Waals surface area contributed by atoms with Crippen LogP contribution in [0.5, 0.6) is 0 Å². The highest BCUT2D eigenvalue weighted by Gasteiger charge is 2.09. The average molecular weight is 358 g/mol. The van der Waals surface area contributed by atoms with Gasteiger partial charge >= 0.3 is 0 Å². The van der Waals surface area contributed by atoms with Gasteiger partial charge in [0.2, 0.25) is 0 Å². The fourth-order valence-corrected chi connectivity index (χ4v) is 2.26. The van der Waals surface area contributed by atoms with Gasteiger partial charge in [-0.25, -0.2) is 9.67 Å². The summed E-state index contributed by atoms with van der Waals surface area (Å²) in [6, 6.07) is 8.94. The molecule has 25 heavy (non-hydrogen) atoms. The number of rotatable bonds is 6. The predicted molar refractivity (Wildman–Crippen MR) is 97.1 cm³/mol. The van der Waals surface area contributed by atoms with E-state index in [9.17, 15) is 4.79 Å². The molecular formula is C16H18N6O2S. The van der Waals surface area contributed by atoms with Crippen molar-refractivity contribution >= 4 is 28.5 Å². The minimum absolute atomic E-state index is 0.246. The van der Waals surface area contributed by atoms with Crippen LogP contribution in [0.3, 0.4) is 0 Å². The maximum Gasteiger partial charge on any atom is 0.271 e. The lowest BCUT2D eigenvalue weighted by molar-refractivity contribution is 0.0931. The summed E-state index contributed by atoms with van der Waals surface area (Å²) in [5, 5.41) is 18.7. The zero-order valence-corrected chi connectivity index (χ0v) is 14.7.